The lowest BCUT2D eigenvalue weighted by molar-refractivity contribution is 0.756. The summed E-state index contributed by atoms with van der Waals surface area (Å²) in [5.74, 6) is 1.64. The van der Waals surface area contributed by atoms with Crippen LogP contribution in [-0.2, 0) is 0 Å². The molecule has 0 saturated carbocycles. The van der Waals surface area contributed by atoms with Crippen LogP contribution in [0.15, 0.2) is 173 Å². The Kier molecular flexibility index (Phi) is 6.58. The first-order valence-electron chi connectivity index (χ1n) is 15.0. The first-order chi connectivity index (χ1) is 21.8. The number of benzene rings is 5. The predicted octanol–water partition coefficient (Wildman–Crippen LogP) is 8.37. The van der Waals surface area contributed by atoms with Crippen molar-refractivity contribution in [3.63, 3.8) is 0 Å². The molecule has 8 rings (SSSR count). The third-order valence-corrected chi connectivity index (χ3v) is 8.41. The van der Waals surface area contributed by atoms with Crippen molar-refractivity contribution >= 4 is 28.0 Å². The molecular formula is C40H30N4. The zero-order valence-electron chi connectivity index (χ0n) is 24.1. The number of rotatable bonds is 5. The maximum atomic E-state index is 5.07. The van der Waals surface area contributed by atoms with E-state index in [0.717, 1.165) is 28.4 Å². The van der Waals surface area contributed by atoms with Gasteiger partial charge in [-0.2, -0.15) is 0 Å². The molecule has 5 aromatic rings. The molecule has 2 N–H and O–H groups in total. The standard InChI is InChI=1S/C40H30N4/c1-3-12-29(13-4-1)38-42-39(30-14-5-2-6-15-30)44-40(43-38)31-21-19-28(20-22-31)37-32-16-8-7-11-27(32)23-24-35(37)33-25-26-41-36-18-10-9-17-34(33)36/h1-26,36,40-41H,(H,42,43,44). The van der Waals surface area contributed by atoms with Crippen LogP contribution in [0.1, 0.15) is 28.4 Å². The summed E-state index contributed by atoms with van der Waals surface area (Å²) in [7, 11) is 0. The second-order valence-electron chi connectivity index (χ2n) is 11.1. The van der Waals surface area contributed by atoms with Gasteiger partial charge >= 0.3 is 0 Å². The Morgan fingerprint density at radius 3 is 1.98 bits per heavy atom. The van der Waals surface area contributed by atoms with Gasteiger partial charge in [0.1, 0.15) is 11.7 Å². The molecule has 210 valence electrons. The topological polar surface area (TPSA) is 48.8 Å². The van der Waals surface area contributed by atoms with E-state index >= 15 is 0 Å². The fraction of sp³-hybridized carbons (Fsp3) is 0.0500. The summed E-state index contributed by atoms with van der Waals surface area (Å²) >= 11 is 0. The zero-order chi connectivity index (χ0) is 29.3. The fourth-order valence-electron chi connectivity index (χ4n) is 6.23. The average Bonchev–Trinajstić information content (AvgIpc) is 3.11. The Hall–Kier alpha value is -5.74. The van der Waals surface area contributed by atoms with Crippen molar-refractivity contribution in [3.8, 4) is 11.1 Å². The number of dihydropyridines is 1. The number of fused-ring (bicyclic) bond motifs is 2. The van der Waals surface area contributed by atoms with E-state index in [2.05, 4.69) is 132 Å². The molecule has 0 spiro atoms. The quantitative estimate of drug-likeness (QED) is 0.225. The maximum absolute atomic E-state index is 5.07. The highest BCUT2D eigenvalue weighted by molar-refractivity contribution is 6.15. The molecule has 0 saturated heterocycles. The summed E-state index contributed by atoms with van der Waals surface area (Å²) < 4.78 is 0. The molecule has 0 radical (unpaired) electrons. The van der Waals surface area contributed by atoms with Crippen LogP contribution in [0.25, 0.3) is 27.5 Å². The third-order valence-electron chi connectivity index (χ3n) is 8.41. The van der Waals surface area contributed by atoms with E-state index in [1.807, 2.05) is 36.4 Å². The van der Waals surface area contributed by atoms with Gasteiger partial charge in [0.25, 0.3) is 0 Å². The van der Waals surface area contributed by atoms with Crippen molar-refractivity contribution in [2.45, 2.75) is 12.2 Å². The Balaban J connectivity index is 1.24. The monoisotopic (exact) mass is 566 g/mol. The average molecular weight is 567 g/mol. The smallest absolute Gasteiger partial charge is 0.169 e. The van der Waals surface area contributed by atoms with E-state index in [1.165, 1.54) is 38.6 Å². The fourth-order valence-corrected chi connectivity index (χ4v) is 6.23. The maximum Gasteiger partial charge on any atom is 0.169 e. The minimum absolute atomic E-state index is 0.176. The van der Waals surface area contributed by atoms with Crippen LogP contribution in [-0.4, -0.2) is 17.7 Å². The van der Waals surface area contributed by atoms with Crippen LogP contribution in [0.5, 0.6) is 0 Å². The molecule has 0 fully saturated rings. The Morgan fingerprint density at radius 1 is 0.568 bits per heavy atom. The van der Waals surface area contributed by atoms with Crippen molar-refractivity contribution in [1.29, 1.82) is 0 Å². The molecular weight excluding hydrogens is 536 g/mol. The van der Waals surface area contributed by atoms with Crippen molar-refractivity contribution in [3.05, 3.63) is 186 Å². The van der Waals surface area contributed by atoms with Crippen LogP contribution >= 0.6 is 0 Å². The van der Waals surface area contributed by atoms with E-state index in [-0.39, 0.29) is 12.2 Å². The number of hydrogen-bond donors (Lipinski definition) is 2. The van der Waals surface area contributed by atoms with Gasteiger partial charge < -0.3 is 10.6 Å². The number of hydrogen-bond acceptors (Lipinski definition) is 4. The largest absolute Gasteiger partial charge is 0.381 e. The van der Waals surface area contributed by atoms with Crippen LogP contribution < -0.4 is 10.6 Å². The van der Waals surface area contributed by atoms with Crippen LogP contribution in [0.4, 0.5) is 0 Å². The molecule has 5 aromatic carbocycles. The number of amidine groups is 2. The Labute approximate surface area is 257 Å². The minimum atomic E-state index is -0.361. The van der Waals surface area contributed by atoms with Gasteiger partial charge in [-0.15, -0.1) is 0 Å². The van der Waals surface area contributed by atoms with Crippen LogP contribution in [0.3, 0.4) is 0 Å². The molecule has 4 nitrogen and oxygen atoms in total. The molecule has 2 heterocycles. The zero-order valence-corrected chi connectivity index (χ0v) is 24.1. The number of nitrogens with zero attached hydrogens (tertiary/aromatic N) is 2. The van der Waals surface area contributed by atoms with Gasteiger partial charge in [-0.25, -0.2) is 9.98 Å². The van der Waals surface area contributed by atoms with E-state index < -0.39 is 0 Å². The third kappa shape index (κ3) is 4.77. The van der Waals surface area contributed by atoms with E-state index in [0.29, 0.717) is 0 Å². The highest BCUT2D eigenvalue weighted by atomic mass is 15.2. The van der Waals surface area contributed by atoms with Gasteiger partial charge in [-0.05, 0) is 56.4 Å². The Morgan fingerprint density at radius 2 is 1.25 bits per heavy atom. The molecule has 0 aromatic heterocycles. The van der Waals surface area contributed by atoms with E-state index in [4.69, 9.17) is 9.98 Å². The van der Waals surface area contributed by atoms with Crippen molar-refractivity contribution < 1.29 is 0 Å². The summed E-state index contributed by atoms with van der Waals surface area (Å²) in [6.07, 6.45) is 12.6. The molecule has 1 unspecified atom stereocenters. The van der Waals surface area contributed by atoms with Gasteiger partial charge in [-0.1, -0.05) is 146 Å². The van der Waals surface area contributed by atoms with Gasteiger partial charge in [0, 0.05) is 11.1 Å². The summed E-state index contributed by atoms with van der Waals surface area (Å²) in [6.45, 7) is 0. The molecule has 4 heteroatoms. The predicted molar refractivity (Wildman–Crippen MR) is 182 cm³/mol. The van der Waals surface area contributed by atoms with Gasteiger partial charge in [0.15, 0.2) is 6.17 Å². The molecule has 1 atom stereocenters. The molecule has 0 amide bonds. The van der Waals surface area contributed by atoms with Gasteiger partial charge in [0.2, 0.25) is 0 Å². The molecule has 3 aliphatic rings. The lowest BCUT2D eigenvalue weighted by Gasteiger charge is -2.26. The van der Waals surface area contributed by atoms with E-state index in [9.17, 15) is 0 Å². The SMILES string of the molecule is C1=CC2=C(c3ccc4ccccc4c3-c3ccc(C4N=C(c5ccccc5)NC(c5ccccc5)=N4)cc3)C=CNC2C=C1. The second kappa shape index (κ2) is 11.2. The van der Waals surface area contributed by atoms with Crippen molar-refractivity contribution in [1.82, 2.24) is 10.6 Å². The number of nitrogens with one attached hydrogen (secondary N) is 2. The second-order valence-corrected chi connectivity index (χ2v) is 11.1. The van der Waals surface area contributed by atoms with Crippen molar-refractivity contribution in [2.75, 3.05) is 0 Å². The van der Waals surface area contributed by atoms with Crippen LogP contribution in [0.2, 0.25) is 0 Å². The molecule has 44 heavy (non-hydrogen) atoms. The Bertz CT molecular complexity index is 1990. The lowest BCUT2D eigenvalue weighted by Crippen LogP contribution is -2.35. The van der Waals surface area contributed by atoms with Crippen LogP contribution in [0, 0.1) is 0 Å². The first-order valence-corrected chi connectivity index (χ1v) is 15.0. The molecule has 1 aliphatic carbocycles. The summed E-state index contributed by atoms with van der Waals surface area (Å²) in [5, 5.41) is 9.43. The van der Waals surface area contributed by atoms with Gasteiger partial charge in [-0.3, -0.25) is 0 Å². The summed E-state index contributed by atoms with van der Waals surface area (Å²) in [4.78, 5) is 10.1. The van der Waals surface area contributed by atoms with Gasteiger partial charge in [0.05, 0.1) is 6.04 Å². The molecule has 2 aliphatic heterocycles. The lowest BCUT2D eigenvalue weighted by atomic mass is 9.84. The molecule has 0 bridgehead atoms. The first kappa shape index (κ1) is 25.9. The van der Waals surface area contributed by atoms with E-state index in [1.54, 1.807) is 0 Å². The highest BCUT2D eigenvalue weighted by Gasteiger charge is 2.23. The summed E-state index contributed by atoms with van der Waals surface area (Å²) in [6, 6.07) is 42.6. The van der Waals surface area contributed by atoms with Crippen molar-refractivity contribution in [2.24, 2.45) is 9.98 Å². The normalized spacial score (nSPS) is 17.5. The number of allylic oxidation sites excluding steroid dienone is 4. The number of aliphatic imine (C=N–C) groups is 2. The minimum Gasteiger partial charge on any atom is -0.381 e. The highest BCUT2D eigenvalue weighted by Crippen LogP contribution is 2.40. The summed E-state index contributed by atoms with van der Waals surface area (Å²) in [5.41, 5.74) is 9.27.